The van der Waals surface area contributed by atoms with Crippen LogP contribution < -0.4 is 42.5 Å². The first-order valence-corrected chi connectivity index (χ1v) is 26.1. The number of benzene rings is 2. The Hall–Kier alpha value is -6.28. The van der Waals surface area contributed by atoms with Crippen LogP contribution in [0.4, 0.5) is 9.59 Å². The minimum Gasteiger partial charge on any atom is -0.354 e. The number of nitrogens with one attached hydrogen (secondary N) is 8. The van der Waals surface area contributed by atoms with Crippen molar-refractivity contribution in [1.82, 2.24) is 62.1 Å². The molecule has 0 saturated carbocycles. The highest BCUT2D eigenvalue weighted by Gasteiger charge is 2.47. The van der Waals surface area contributed by atoms with E-state index in [4.69, 9.17) is 0 Å². The molecule has 4 heterocycles. The molecular weight excluding hydrogens is 921 g/mol. The van der Waals surface area contributed by atoms with Gasteiger partial charge in [0, 0.05) is 51.4 Å². The van der Waals surface area contributed by atoms with Gasteiger partial charge in [0.2, 0.25) is 35.4 Å². The summed E-state index contributed by atoms with van der Waals surface area (Å²) in [5.74, 6) is -1.97. The predicted octanol–water partition coefficient (Wildman–Crippen LogP) is 1.000. The summed E-state index contributed by atoms with van der Waals surface area (Å²) in [6, 6.07) is 13.9. The van der Waals surface area contributed by atoms with E-state index in [0.29, 0.717) is 103 Å². The van der Waals surface area contributed by atoms with Gasteiger partial charge in [0.1, 0.15) is 24.2 Å². The van der Waals surface area contributed by atoms with E-state index >= 15 is 0 Å². The van der Waals surface area contributed by atoms with Gasteiger partial charge in [0.25, 0.3) is 0 Å². The Morgan fingerprint density at radius 3 is 1.28 bits per heavy atom. The van der Waals surface area contributed by atoms with Crippen molar-refractivity contribution in [3.63, 3.8) is 0 Å². The number of carbonyl (C=O) groups excluding carboxylic acids is 8. The third kappa shape index (κ3) is 15.1. The second-order valence-electron chi connectivity index (χ2n) is 19.5. The van der Waals surface area contributed by atoms with Crippen molar-refractivity contribution in [2.45, 2.75) is 139 Å². The molecule has 20 heteroatoms. The molecule has 0 bridgehead atoms. The molecule has 8 atom stereocenters. The monoisotopic (exact) mass is 999 g/mol. The number of fused-ring (bicyclic) bond motifs is 2. The highest BCUT2D eigenvalue weighted by Crippen LogP contribution is 2.31. The van der Waals surface area contributed by atoms with Crippen LogP contribution in [0.15, 0.2) is 60.7 Å². The van der Waals surface area contributed by atoms with E-state index in [2.05, 4.69) is 42.5 Å². The molecule has 1 unspecified atom stereocenters. The van der Waals surface area contributed by atoms with E-state index < -0.39 is 36.3 Å². The lowest BCUT2D eigenvalue weighted by Crippen LogP contribution is -2.63. The Balaban J connectivity index is 0.946. The third-order valence-electron chi connectivity index (χ3n) is 14.6. The zero-order chi connectivity index (χ0) is 51.6. The zero-order valence-corrected chi connectivity index (χ0v) is 42.6. The lowest BCUT2D eigenvalue weighted by molar-refractivity contribution is -0.144. The Morgan fingerprint density at radius 2 is 0.903 bits per heavy atom. The Labute approximate surface area is 424 Å². The molecule has 4 saturated heterocycles. The zero-order valence-electron chi connectivity index (χ0n) is 42.6. The van der Waals surface area contributed by atoms with Crippen molar-refractivity contribution >= 4 is 47.5 Å². The summed E-state index contributed by atoms with van der Waals surface area (Å²) in [4.78, 5) is 115. The molecular formula is C52H78N12O8. The molecule has 0 radical (unpaired) electrons. The second-order valence-corrected chi connectivity index (χ2v) is 19.5. The Bertz CT molecular complexity index is 2000. The smallest absolute Gasteiger partial charge is 0.317 e. The van der Waals surface area contributed by atoms with Crippen molar-refractivity contribution < 1.29 is 38.4 Å². The highest BCUT2D eigenvalue weighted by atomic mass is 16.2. The van der Waals surface area contributed by atoms with Gasteiger partial charge < -0.3 is 62.1 Å². The van der Waals surface area contributed by atoms with Gasteiger partial charge in [0.05, 0.1) is 25.2 Å². The minimum absolute atomic E-state index is 0.0440. The number of hydrogen-bond acceptors (Lipinski definition) is 10. The number of likely N-dealkylation sites (N-methyl/N-ethyl adjacent to an activating group) is 2. The lowest BCUT2D eigenvalue weighted by atomic mass is 10.1. The van der Waals surface area contributed by atoms with Crippen molar-refractivity contribution in [3.8, 4) is 0 Å². The lowest BCUT2D eigenvalue weighted by Gasteiger charge is -2.39. The normalized spacial score (nSPS) is 23.0. The van der Waals surface area contributed by atoms with Gasteiger partial charge in [-0.3, -0.25) is 28.8 Å². The van der Waals surface area contributed by atoms with Gasteiger partial charge in [-0.15, -0.1) is 0 Å². The largest absolute Gasteiger partial charge is 0.354 e. The molecule has 20 nitrogen and oxygen atoms in total. The van der Waals surface area contributed by atoms with Gasteiger partial charge >= 0.3 is 12.1 Å². The molecule has 6 rings (SSSR count). The fourth-order valence-electron chi connectivity index (χ4n) is 10.1. The SMILES string of the molecule is CN[C@@H](C)C(=O)N[C@H]1CN(C(=O)NCCCCCCNC(=O)N2CC[C@H]3CC[C@@H](C(=O)NCCc4ccccc4)N3C(=O)[C@@H](NC(=O)[C@H](C)NC)C2)CC[C@H]2CCC(C(=O)NCCc3ccccc3)N2C1=O. The van der Waals surface area contributed by atoms with E-state index in [1.54, 1.807) is 47.5 Å². The van der Waals surface area contributed by atoms with Crippen LogP contribution in [0.3, 0.4) is 0 Å². The Morgan fingerprint density at radius 1 is 0.514 bits per heavy atom. The summed E-state index contributed by atoms with van der Waals surface area (Å²) in [6.45, 7) is 5.61. The minimum atomic E-state index is -1.04. The first kappa shape index (κ1) is 55.0. The number of hydrogen-bond donors (Lipinski definition) is 8. The van der Waals surface area contributed by atoms with Crippen LogP contribution in [0, 0.1) is 0 Å². The van der Waals surface area contributed by atoms with Crippen molar-refractivity contribution in [1.29, 1.82) is 0 Å². The number of unbranched alkanes of at least 4 members (excludes halogenated alkanes) is 3. The van der Waals surface area contributed by atoms with E-state index in [1.807, 2.05) is 60.7 Å². The van der Waals surface area contributed by atoms with Crippen molar-refractivity contribution in [2.75, 3.05) is 66.5 Å². The number of carbonyl (C=O) groups is 8. The highest BCUT2D eigenvalue weighted by molar-refractivity contribution is 5.95. The molecule has 0 aliphatic carbocycles. The molecule has 4 fully saturated rings. The van der Waals surface area contributed by atoms with Crippen molar-refractivity contribution in [2.24, 2.45) is 0 Å². The first-order valence-electron chi connectivity index (χ1n) is 26.1. The number of rotatable bonds is 21. The van der Waals surface area contributed by atoms with Crippen LogP contribution in [-0.4, -0.2) is 182 Å². The van der Waals surface area contributed by atoms with Gasteiger partial charge in [-0.25, -0.2) is 9.59 Å². The molecule has 10 amide bonds. The van der Waals surface area contributed by atoms with Gasteiger partial charge in [-0.05, 0) is 103 Å². The van der Waals surface area contributed by atoms with Crippen LogP contribution in [0.1, 0.15) is 89.2 Å². The number of urea groups is 2. The summed E-state index contributed by atoms with van der Waals surface area (Å²) in [5, 5.41) is 23.5. The first-order chi connectivity index (χ1) is 34.8. The van der Waals surface area contributed by atoms with Gasteiger partial charge in [0.15, 0.2) is 0 Å². The van der Waals surface area contributed by atoms with Crippen LogP contribution in [0.2, 0.25) is 0 Å². The topological polar surface area (TPSA) is 246 Å². The molecule has 394 valence electrons. The fourth-order valence-corrected chi connectivity index (χ4v) is 10.1. The Kier molecular flexibility index (Phi) is 21.0. The summed E-state index contributed by atoms with van der Waals surface area (Å²) in [5.41, 5.74) is 2.20. The van der Waals surface area contributed by atoms with Crippen LogP contribution in [0.25, 0.3) is 0 Å². The quantitative estimate of drug-likeness (QED) is 0.0826. The standard InChI is InChI=1S/C52H78N12O8/c1-35(53-3)45(65)59-41-33-61(31-25-39-19-21-43(63(39)49(41)69)47(67)55-29-23-37-15-9-7-10-16-37)51(71)57-27-13-5-6-14-28-58-52(72)62-32-26-40-20-22-44(48(68)56-30-24-38-17-11-8-12-18-38)64(40)50(70)42(34-62)60-46(66)36(2)54-4/h7-12,15-18,35-36,39-44,53-54H,5-6,13-14,19-34H2,1-4H3,(H,55,67)(H,56,68)(H,57,71)(H,58,72)(H,59,65)(H,60,66)/t35-,36-,39+,40+,41-,42-,43-,44?/m0/s1. The maximum absolute atomic E-state index is 14.3. The second kappa shape index (κ2) is 27.5. The maximum Gasteiger partial charge on any atom is 0.317 e. The van der Waals surface area contributed by atoms with Crippen LogP contribution >= 0.6 is 0 Å². The van der Waals surface area contributed by atoms with Gasteiger partial charge in [-0.2, -0.15) is 0 Å². The van der Waals surface area contributed by atoms with Crippen molar-refractivity contribution in [3.05, 3.63) is 71.8 Å². The summed E-state index contributed by atoms with van der Waals surface area (Å²) >= 11 is 0. The average Bonchev–Trinajstić information content (AvgIpc) is 4.01. The molecule has 2 aromatic rings. The maximum atomic E-state index is 14.3. The predicted molar refractivity (Wildman–Crippen MR) is 272 cm³/mol. The molecule has 0 aromatic heterocycles. The molecule has 4 aliphatic rings. The molecule has 4 aliphatic heterocycles. The molecule has 0 spiro atoms. The third-order valence-corrected chi connectivity index (χ3v) is 14.6. The summed E-state index contributed by atoms with van der Waals surface area (Å²) < 4.78 is 0. The number of amides is 10. The van der Waals surface area contributed by atoms with E-state index in [-0.39, 0.29) is 72.7 Å². The number of nitrogens with zero attached hydrogens (tertiary/aromatic N) is 4. The van der Waals surface area contributed by atoms with E-state index in [9.17, 15) is 38.4 Å². The van der Waals surface area contributed by atoms with E-state index in [1.165, 1.54) is 0 Å². The molecule has 2 aromatic carbocycles. The molecule has 8 N–H and O–H groups in total. The fraction of sp³-hybridized carbons (Fsp3) is 0.615. The van der Waals surface area contributed by atoms with E-state index in [0.717, 1.165) is 24.0 Å². The van der Waals surface area contributed by atoms with Crippen LogP contribution in [-0.2, 0) is 41.6 Å². The van der Waals surface area contributed by atoms with Crippen LogP contribution in [0.5, 0.6) is 0 Å². The molecule has 72 heavy (non-hydrogen) atoms. The van der Waals surface area contributed by atoms with Gasteiger partial charge in [-0.1, -0.05) is 73.5 Å². The average molecular weight is 999 g/mol. The summed E-state index contributed by atoms with van der Waals surface area (Å²) in [7, 11) is 3.30. The summed E-state index contributed by atoms with van der Waals surface area (Å²) in [6.07, 6.45) is 7.41.